The van der Waals surface area contributed by atoms with Gasteiger partial charge >= 0.3 is 0 Å². The van der Waals surface area contributed by atoms with Gasteiger partial charge in [-0.05, 0) is 25.1 Å². The van der Waals surface area contributed by atoms with Crippen molar-refractivity contribution in [3.05, 3.63) is 29.0 Å². The average Bonchev–Trinajstić information content (AvgIpc) is 1.98. The highest BCUT2D eigenvalue weighted by Gasteiger charge is 1.98. The number of nitrogens with one attached hydrogen (secondary N) is 1. The molecular formula is C8H9ClFN. The molecule has 1 aromatic rings. The zero-order chi connectivity index (χ0) is 8.27. The summed E-state index contributed by atoms with van der Waals surface area (Å²) >= 11 is 5.48. The first-order chi connectivity index (χ1) is 5.24. The Morgan fingerprint density at radius 3 is 2.82 bits per heavy atom. The fourth-order valence-electron chi connectivity index (χ4n) is 0.810. The van der Waals surface area contributed by atoms with Crippen molar-refractivity contribution in [1.82, 2.24) is 0 Å². The van der Waals surface area contributed by atoms with E-state index in [1.54, 1.807) is 6.07 Å². The van der Waals surface area contributed by atoms with Crippen LogP contribution in [0, 0.1) is 5.82 Å². The van der Waals surface area contributed by atoms with E-state index in [2.05, 4.69) is 5.32 Å². The van der Waals surface area contributed by atoms with E-state index < -0.39 is 0 Å². The first-order valence-electron chi connectivity index (χ1n) is 3.43. The second kappa shape index (κ2) is 3.58. The van der Waals surface area contributed by atoms with Crippen molar-refractivity contribution in [2.24, 2.45) is 0 Å². The van der Waals surface area contributed by atoms with Crippen LogP contribution in [-0.2, 0) is 0 Å². The van der Waals surface area contributed by atoms with Crippen LogP contribution in [0.5, 0.6) is 0 Å². The highest BCUT2D eigenvalue weighted by Crippen LogP contribution is 2.18. The summed E-state index contributed by atoms with van der Waals surface area (Å²) in [4.78, 5) is 0. The molecule has 0 aliphatic carbocycles. The van der Waals surface area contributed by atoms with Crippen LogP contribution in [0.15, 0.2) is 18.2 Å². The van der Waals surface area contributed by atoms with Gasteiger partial charge in [0.15, 0.2) is 0 Å². The Bertz CT molecular complexity index is 250. The van der Waals surface area contributed by atoms with Crippen LogP contribution in [0.4, 0.5) is 10.1 Å². The van der Waals surface area contributed by atoms with E-state index in [1.807, 2.05) is 6.92 Å². The lowest BCUT2D eigenvalue weighted by molar-refractivity contribution is 0.628. The van der Waals surface area contributed by atoms with Gasteiger partial charge in [0, 0.05) is 12.2 Å². The molecule has 1 N–H and O–H groups in total. The van der Waals surface area contributed by atoms with Crippen molar-refractivity contribution in [1.29, 1.82) is 0 Å². The Kier molecular flexibility index (Phi) is 2.71. The Hall–Kier alpha value is -0.760. The summed E-state index contributed by atoms with van der Waals surface area (Å²) in [6.07, 6.45) is 0. The minimum atomic E-state index is -0.384. The van der Waals surface area contributed by atoms with Gasteiger partial charge in [0.05, 0.1) is 5.02 Å². The van der Waals surface area contributed by atoms with E-state index >= 15 is 0 Å². The van der Waals surface area contributed by atoms with E-state index in [1.165, 1.54) is 12.1 Å². The molecule has 0 bridgehead atoms. The number of benzene rings is 1. The molecule has 11 heavy (non-hydrogen) atoms. The van der Waals surface area contributed by atoms with Crippen LogP contribution in [0.2, 0.25) is 5.02 Å². The van der Waals surface area contributed by atoms with Crippen molar-refractivity contribution in [2.75, 3.05) is 11.9 Å². The molecule has 0 unspecified atom stereocenters. The number of rotatable bonds is 2. The zero-order valence-corrected chi connectivity index (χ0v) is 6.95. The van der Waals surface area contributed by atoms with Gasteiger partial charge in [0.2, 0.25) is 0 Å². The molecule has 1 aromatic carbocycles. The highest BCUT2D eigenvalue weighted by atomic mass is 35.5. The minimum absolute atomic E-state index is 0.159. The maximum atomic E-state index is 12.7. The third-order valence-corrected chi connectivity index (χ3v) is 1.61. The second-order valence-corrected chi connectivity index (χ2v) is 2.57. The lowest BCUT2D eigenvalue weighted by Crippen LogP contribution is -1.96. The molecule has 3 heteroatoms. The molecule has 0 saturated carbocycles. The summed E-state index contributed by atoms with van der Waals surface area (Å²) < 4.78 is 12.7. The van der Waals surface area contributed by atoms with Crippen LogP contribution in [0.3, 0.4) is 0 Å². The summed E-state index contributed by atoms with van der Waals surface area (Å²) in [5.41, 5.74) is 0.759. The van der Waals surface area contributed by atoms with Gasteiger partial charge in [-0.1, -0.05) is 11.6 Å². The van der Waals surface area contributed by atoms with Gasteiger partial charge in [0.1, 0.15) is 5.82 Å². The summed E-state index contributed by atoms with van der Waals surface area (Å²) in [7, 11) is 0. The molecule has 0 spiro atoms. The maximum Gasteiger partial charge on any atom is 0.143 e. The van der Waals surface area contributed by atoms with Crippen molar-refractivity contribution in [3.8, 4) is 0 Å². The zero-order valence-electron chi connectivity index (χ0n) is 6.20. The van der Waals surface area contributed by atoms with Crippen LogP contribution in [0.25, 0.3) is 0 Å². The van der Waals surface area contributed by atoms with Crippen LogP contribution < -0.4 is 5.32 Å². The number of hydrogen-bond acceptors (Lipinski definition) is 1. The standard InChI is InChI=1S/C8H9ClFN/c1-2-11-6-3-4-7(9)8(10)5-6/h3-5,11H,2H2,1H3. The molecule has 60 valence electrons. The van der Waals surface area contributed by atoms with E-state index in [4.69, 9.17) is 11.6 Å². The predicted molar refractivity (Wildman–Crippen MR) is 45.6 cm³/mol. The number of halogens is 2. The Morgan fingerprint density at radius 1 is 1.55 bits per heavy atom. The Balaban J connectivity index is 2.86. The quantitative estimate of drug-likeness (QED) is 0.725. The first-order valence-corrected chi connectivity index (χ1v) is 3.80. The van der Waals surface area contributed by atoms with Gasteiger partial charge in [-0.3, -0.25) is 0 Å². The molecule has 0 radical (unpaired) electrons. The van der Waals surface area contributed by atoms with E-state index in [9.17, 15) is 4.39 Å². The van der Waals surface area contributed by atoms with Crippen LogP contribution in [-0.4, -0.2) is 6.54 Å². The Labute approximate surface area is 70.2 Å². The smallest absolute Gasteiger partial charge is 0.143 e. The summed E-state index contributed by atoms with van der Waals surface area (Å²) in [6, 6.07) is 4.66. The first kappa shape index (κ1) is 8.34. The molecule has 0 fully saturated rings. The van der Waals surface area contributed by atoms with Gasteiger partial charge in [-0.25, -0.2) is 4.39 Å². The van der Waals surface area contributed by atoms with Crippen molar-refractivity contribution in [3.63, 3.8) is 0 Å². The highest BCUT2D eigenvalue weighted by molar-refractivity contribution is 6.30. The normalized spacial score (nSPS) is 9.73. The maximum absolute atomic E-state index is 12.7. The van der Waals surface area contributed by atoms with Crippen LogP contribution >= 0.6 is 11.6 Å². The summed E-state index contributed by atoms with van der Waals surface area (Å²) in [5.74, 6) is -0.384. The SMILES string of the molecule is CCNc1ccc(Cl)c(F)c1. The monoisotopic (exact) mass is 173 g/mol. The Morgan fingerprint density at radius 2 is 2.27 bits per heavy atom. The topological polar surface area (TPSA) is 12.0 Å². The molecule has 1 nitrogen and oxygen atoms in total. The molecule has 1 rings (SSSR count). The minimum Gasteiger partial charge on any atom is -0.385 e. The fourth-order valence-corrected chi connectivity index (χ4v) is 0.928. The molecule has 0 saturated heterocycles. The van der Waals surface area contributed by atoms with Crippen molar-refractivity contribution >= 4 is 17.3 Å². The molecule has 0 aliphatic rings. The van der Waals surface area contributed by atoms with E-state index in [0.29, 0.717) is 0 Å². The molecule has 0 aromatic heterocycles. The molecular weight excluding hydrogens is 165 g/mol. The van der Waals surface area contributed by atoms with E-state index in [0.717, 1.165) is 12.2 Å². The second-order valence-electron chi connectivity index (χ2n) is 2.16. The van der Waals surface area contributed by atoms with Crippen LogP contribution in [0.1, 0.15) is 6.92 Å². The number of hydrogen-bond donors (Lipinski definition) is 1. The van der Waals surface area contributed by atoms with Gasteiger partial charge < -0.3 is 5.32 Å². The largest absolute Gasteiger partial charge is 0.385 e. The molecule has 0 heterocycles. The lowest BCUT2D eigenvalue weighted by atomic mass is 10.3. The molecule has 0 atom stereocenters. The van der Waals surface area contributed by atoms with E-state index in [-0.39, 0.29) is 10.8 Å². The van der Waals surface area contributed by atoms with Crippen molar-refractivity contribution in [2.45, 2.75) is 6.92 Å². The molecule has 0 aliphatic heterocycles. The third kappa shape index (κ3) is 2.09. The fraction of sp³-hybridized carbons (Fsp3) is 0.250. The number of anilines is 1. The van der Waals surface area contributed by atoms with Gasteiger partial charge in [0.25, 0.3) is 0 Å². The predicted octanol–water partition coefficient (Wildman–Crippen LogP) is 2.91. The summed E-state index contributed by atoms with van der Waals surface area (Å²) in [6.45, 7) is 2.73. The van der Waals surface area contributed by atoms with Crippen molar-refractivity contribution < 1.29 is 4.39 Å². The lowest BCUT2D eigenvalue weighted by Gasteiger charge is -2.02. The van der Waals surface area contributed by atoms with Gasteiger partial charge in [-0.2, -0.15) is 0 Å². The average molecular weight is 174 g/mol. The third-order valence-electron chi connectivity index (χ3n) is 1.30. The summed E-state index contributed by atoms with van der Waals surface area (Å²) in [5, 5.41) is 3.14. The van der Waals surface area contributed by atoms with Gasteiger partial charge in [-0.15, -0.1) is 0 Å². The molecule has 0 amide bonds.